The highest BCUT2D eigenvalue weighted by molar-refractivity contribution is 5.97. The van der Waals surface area contributed by atoms with Gasteiger partial charge in [-0.3, -0.25) is 9.59 Å². The van der Waals surface area contributed by atoms with Crippen molar-refractivity contribution in [1.82, 2.24) is 10.2 Å². The molecule has 2 N–H and O–H groups in total. The molecule has 0 heterocycles. The monoisotopic (exact) mass is 353 g/mol. The molecular formula is C14H19ClF3N3O2. The molecule has 0 fully saturated rings. The summed E-state index contributed by atoms with van der Waals surface area (Å²) in [6.07, 6.45) is -4.60. The van der Waals surface area contributed by atoms with Gasteiger partial charge in [-0.15, -0.1) is 12.4 Å². The Morgan fingerprint density at radius 1 is 1.22 bits per heavy atom. The number of hydrogen-bond donors (Lipinski definition) is 2. The lowest BCUT2D eigenvalue weighted by Gasteiger charge is -2.18. The Morgan fingerprint density at radius 3 is 2.30 bits per heavy atom. The van der Waals surface area contributed by atoms with Gasteiger partial charge in [0.2, 0.25) is 5.91 Å². The minimum absolute atomic E-state index is 0. The fourth-order valence-electron chi connectivity index (χ4n) is 1.79. The zero-order chi connectivity index (χ0) is 16.9. The molecule has 0 saturated carbocycles. The Labute approximate surface area is 138 Å². The van der Waals surface area contributed by atoms with E-state index in [0.717, 1.165) is 12.1 Å². The summed E-state index contributed by atoms with van der Waals surface area (Å²) in [6, 6.07) is 2.81. The number of nitrogens with zero attached hydrogens (tertiary/aromatic N) is 1. The van der Waals surface area contributed by atoms with Gasteiger partial charge in [-0.2, -0.15) is 13.2 Å². The first kappa shape index (κ1) is 21.2. The van der Waals surface area contributed by atoms with E-state index in [4.69, 9.17) is 0 Å². The van der Waals surface area contributed by atoms with E-state index in [0.29, 0.717) is 13.1 Å². The summed E-state index contributed by atoms with van der Waals surface area (Å²) in [6.45, 7) is 2.04. The summed E-state index contributed by atoms with van der Waals surface area (Å²) in [5, 5.41) is 5.12. The predicted molar refractivity (Wildman–Crippen MR) is 83.9 cm³/mol. The van der Waals surface area contributed by atoms with Crippen LogP contribution in [0.1, 0.15) is 22.8 Å². The number of halogens is 4. The number of carbonyl (C=O) groups is 2. The molecule has 0 atom stereocenters. The van der Waals surface area contributed by atoms with E-state index in [-0.39, 0.29) is 23.7 Å². The largest absolute Gasteiger partial charge is 0.416 e. The molecule has 0 aliphatic heterocycles. The van der Waals surface area contributed by atoms with Crippen LogP contribution in [0.15, 0.2) is 18.2 Å². The lowest BCUT2D eigenvalue weighted by molar-refractivity contribution is -0.137. The van der Waals surface area contributed by atoms with E-state index in [9.17, 15) is 22.8 Å². The van der Waals surface area contributed by atoms with Gasteiger partial charge in [-0.25, -0.2) is 0 Å². The Hall–Kier alpha value is -1.80. The molecule has 1 aromatic rings. The van der Waals surface area contributed by atoms with Crippen molar-refractivity contribution in [2.45, 2.75) is 13.1 Å². The van der Waals surface area contributed by atoms with E-state index >= 15 is 0 Å². The van der Waals surface area contributed by atoms with Crippen LogP contribution in [0.4, 0.5) is 18.9 Å². The normalized spacial score (nSPS) is 10.7. The van der Waals surface area contributed by atoms with Gasteiger partial charge in [0.1, 0.15) is 0 Å². The molecule has 9 heteroatoms. The summed E-state index contributed by atoms with van der Waals surface area (Å²) < 4.78 is 38.7. The highest BCUT2D eigenvalue weighted by Gasteiger charge is 2.32. The van der Waals surface area contributed by atoms with Crippen molar-refractivity contribution < 1.29 is 22.8 Å². The van der Waals surface area contributed by atoms with Crippen LogP contribution in [0.5, 0.6) is 0 Å². The molecule has 0 radical (unpaired) electrons. The van der Waals surface area contributed by atoms with E-state index in [1.807, 2.05) is 0 Å². The number of likely N-dealkylation sites (N-methyl/N-ethyl adjacent to an activating group) is 2. The summed E-state index contributed by atoms with van der Waals surface area (Å²) in [5.41, 5.74) is -1.17. The van der Waals surface area contributed by atoms with Crippen LogP contribution < -0.4 is 10.6 Å². The van der Waals surface area contributed by atoms with Gasteiger partial charge in [0.05, 0.1) is 5.56 Å². The number of anilines is 1. The molecule has 0 aliphatic carbocycles. The van der Waals surface area contributed by atoms with Crippen molar-refractivity contribution >= 4 is 29.9 Å². The fraction of sp³-hybridized carbons (Fsp3) is 0.429. The zero-order valence-electron chi connectivity index (χ0n) is 13.0. The molecule has 0 bridgehead atoms. The third kappa shape index (κ3) is 6.45. The number of nitrogens with one attached hydrogen (secondary N) is 2. The molecule has 130 valence electrons. The van der Waals surface area contributed by atoms with Crippen LogP contribution in [0.3, 0.4) is 0 Å². The maximum absolute atomic E-state index is 12.9. The van der Waals surface area contributed by atoms with Gasteiger partial charge in [-0.1, -0.05) is 0 Å². The maximum atomic E-state index is 12.9. The van der Waals surface area contributed by atoms with Gasteiger partial charge in [0, 0.05) is 38.3 Å². The van der Waals surface area contributed by atoms with E-state index in [2.05, 4.69) is 10.6 Å². The van der Waals surface area contributed by atoms with Crippen molar-refractivity contribution in [3.63, 3.8) is 0 Å². The van der Waals surface area contributed by atoms with Gasteiger partial charge in [0.15, 0.2) is 0 Å². The van der Waals surface area contributed by atoms with Gasteiger partial charge in [0.25, 0.3) is 5.91 Å². The number of hydrogen-bond acceptors (Lipinski definition) is 3. The van der Waals surface area contributed by atoms with E-state index < -0.39 is 23.6 Å². The van der Waals surface area contributed by atoms with Crippen molar-refractivity contribution in [2.75, 3.05) is 32.5 Å². The third-order valence-corrected chi connectivity index (χ3v) is 2.87. The van der Waals surface area contributed by atoms with Crippen molar-refractivity contribution in [3.8, 4) is 0 Å². The highest BCUT2D eigenvalue weighted by Crippen LogP contribution is 2.32. The first-order valence-electron chi connectivity index (χ1n) is 6.55. The molecule has 0 saturated heterocycles. The fourth-order valence-corrected chi connectivity index (χ4v) is 1.79. The molecule has 0 spiro atoms. The Balaban J connectivity index is 0.00000484. The molecule has 1 rings (SSSR count). The summed E-state index contributed by atoms with van der Waals surface area (Å²) in [4.78, 5) is 24.5. The molecular weight excluding hydrogens is 335 g/mol. The SMILES string of the molecule is CNCCN(C)C(=O)c1cc(NC(C)=O)cc(C(F)(F)F)c1.Cl. The average Bonchev–Trinajstić information content (AvgIpc) is 2.41. The molecule has 2 amide bonds. The zero-order valence-corrected chi connectivity index (χ0v) is 13.8. The summed E-state index contributed by atoms with van der Waals surface area (Å²) >= 11 is 0. The minimum atomic E-state index is -4.60. The van der Waals surface area contributed by atoms with E-state index in [1.165, 1.54) is 24.9 Å². The smallest absolute Gasteiger partial charge is 0.340 e. The topological polar surface area (TPSA) is 61.4 Å². The van der Waals surface area contributed by atoms with Crippen LogP contribution in [0.2, 0.25) is 0 Å². The minimum Gasteiger partial charge on any atom is -0.340 e. The van der Waals surface area contributed by atoms with Gasteiger partial charge < -0.3 is 15.5 Å². The second-order valence-corrected chi connectivity index (χ2v) is 4.81. The maximum Gasteiger partial charge on any atom is 0.416 e. The highest BCUT2D eigenvalue weighted by atomic mass is 35.5. The standard InChI is InChI=1S/C14H18F3N3O2.ClH/c1-9(21)19-12-7-10(6-11(8-12)14(15,16)17)13(22)20(3)5-4-18-2;/h6-8,18H,4-5H2,1-3H3,(H,19,21);1H. The van der Waals surface area contributed by atoms with Crippen LogP contribution in [0, 0.1) is 0 Å². The van der Waals surface area contributed by atoms with Gasteiger partial charge >= 0.3 is 6.18 Å². The first-order chi connectivity index (χ1) is 10.1. The van der Waals surface area contributed by atoms with Crippen molar-refractivity contribution in [1.29, 1.82) is 0 Å². The van der Waals surface area contributed by atoms with Crippen LogP contribution >= 0.6 is 12.4 Å². The third-order valence-electron chi connectivity index (χ3n) is 2.87. The number of benzene rings is 1. The van der Waals surface area contributed by atoms with E-state index in [1.54, 1.807) is 7.05 Å². The lowest BCUT2D eigenvalue weighted by Crippen LogP contribution is -2.33. The number of carbonyl (C=O) groups excluding carboxylic acids is 2. The second-order valence-electron chi connectivity index (χ2n) is 4.81. The molecule has 5 nitrogen and oxygen atoms in total. The Kier molecular flexibility index (Phi) is 8.05. The van der Waals surface area contributed by atoms with Crippen molar-refractivity contribution in [3.05, 3.63) is 29.3 Å². The van der Waals surface area contributed by atoms with Crippen LogP contribution in [0.25, 0.3) is 0 Å². The van der Waals surface area contributed by atoms with Crippen LogP contribution in [-0.4, -0.2) is 43.9 Å². The number of rotatable bonds is 5. The molecule has 0 unspecified atom stereocenters. The molecule has 0 aliphatic rings. The molecule has 23 heavy (non-hydrogen) atoms. The van der Waals surface area contributed by atoms with Crippen LogP contribution in [-0.2, 0) is 11.0 Å². The Bertz CT molecular complexity index is 565. The summed E-state index contributed by atoms with van der Waals surface area (Å²) in [7, 11) is 3.20. The van der Waals surface area contributed by atoms with Gasteiger partial charge in [-0.05, 0) is 25.2 Å². The van der Waals surface area contributed by atoms with Crippen molar-refractivity contribution in [2.24, 2.45) is 0 Å². The number of alkyl halides is 3. The first-order valence-corrected chi connectivity index (χ1v) is 6.55. The Morgan fingerprint density at radius 2 is 1.83 bits per heavy atom. The molecule has 0 aromatic heterocycles. The quantitative estimate of drug-likeness (QED) is 0.854. The summed E-state index contributed by atoms with van der Waals surface area (Å²) in [5.74, 6) is -1.06. The molecule has 1 aromatic carbocycles. The lowest BCUT2D eigenvalue weighted by atomic mass is 10.1. The number of amides is 2. The average molecular weight is 354 g/mol. The predicted octanol–water partition coefficient (Wildman–Crippen LogP) is 2.38. The second kappa shape index (κ2) is 8.73.